The van der Waals surface area contributed by atoms with Gasteiger partial charge in [-0.3, -0.25) is 0 Å². The van der Waals surface area contributed by atoms with Gasteiger partial charge in [0.05, 0.1) is 26.6 Å². The van der Waals surface area contributed by atoms with Gasteiger partial charge in [0.1, 0.15) is 5.82 Å². The fraction of sp³-hybridized carbons (Fsp3) is 0. The van der Waals surface area contributed by atoms with Crippen LogP contribution in [0.3, 0.4) is 0 Å². The first-order chi connectivity index (χ1) is 8.49. The van der Waals surface area contributed by atoms with Gasteiger partial charge in [0, 0.05) is 6.07 Å². The second kappa shape index (κ2) is 5.12. The van der Waals surface area contributed by atoms with Crippen LogP contribution in [0.4, 0.5) is 25.8 Å². The highest BCUT2D eigenvalue weighted by atomic mass is 79.9. The third-order valence-corrected chi connectivity index (χ3v) is 3.21. The average molecular weight is 334 g/mol. The number of hydrogen-bond donors (Lipinski definition) is 2. The van der Waals surface area contributed by atoms with E-state index in [2.05, 4.69) is 21.2 Å². The molecule has 3 N–H and O–H groups in total. The minimum atomic E-state index is -0.609. The van der Waals surface area contributed by atoms with Crippen LogP contribution in [0.2, 0.25) is 5.02 Å². The number of nitrogens with one attached hydrogen (secondary N) is 1. The average Bonchev–Trinajstić information content (AvgIpc) is 2.32. The van der Waals surface area contributed by atoms with Crippen molar-refractivity contribution in [2.24, 2.45) is 0 Å². The third-order valence-electron chi connectivity index (χ3n) is 2.31. The van der Waals surface area contributed by atoms with Crippen molar-refractivity contribution in [3.05, 3.63) is 51.5 Å². The molecule has 0 amide bonds. The number of hydrogen-bond acceptors (Lipinski definition) is 2. The molecule has 0 aliphatic rings. The number of halogens is 4. The Morgan fingerprint density at radius 2 is 1.89 bits per heavy atom. The molecule has 0 saturated heterocycles. The van der Waals surface area contributed by atoms with E-state index in [0.29, 0.717) is 5.69 Å². The Bertz CT molecular complexity index is 605. The van der Waals surface area contributed by atoms with Crippen LogP contribution in [0.5, 0.6) is 0 Å². The van der Waals surface area contributed by atoms with E-state index in [4.69, 9.17) is 17.3 Å². The summed E-state index contributed by atoms with van der Waals surface area (Å²) in [6.07, 6.45) is 0. The van der Waals surface area contributed by atoms with Crippen LogP contribution in [-0.4, -0.2) is 0 Å². The van der Waals surface area contributed by atoms with Crippen molar-refractivity contribution in [2.45, 2.75) is 0 Å². The Balaban J connectivity index is 2.40. The lowest BCUT2D eigenvalue weighted by molar-refractivity contribution is 0.621. The highest BCUT2D eigenvalue weighted by Crippen LogP contribution is 2.31. The van der Waals surface area contributed by atoms with Crippen LogP contribution in [0, 0.1) is 11.6 Å². The van der Waals surface area contributed by atoms with Crippen molar-refractivity contribution in [1.82, 2.24) is 0 Å². The summed E-state index contributed by atoms with van der Waals surface area (Å²) in [7, 11) is 0. The molecule has 0 radical (unpaired) electrons. The summed E-state index contributed by atoms with van der Waals surface area (Å²) < 4.78 is 27.3. The van der Waals surface area contributed by atoms with Gasteiger partial charge < -0.3 is 11.1 Å². The minimum absolute atomic E-state index is 0.0174. The van der Waals surface area contributed by atoms with Gasteiger partial charge in [-0.1, -0.05) is 17.7 Å². The molecule has 0 fully saturated rings. The van der Waals surface area contributed by atoms with E-state index in [-0.39, 0.29) is 20.9 Å². The van der Waals surface area contributed by atoms with Crippen LogP contribution in [0.25, 0.3) is 0 Å². The summed E-state index contributed by atoms with van der Waals surface area (Å²) in [4.78, 5) is 0. The van der Waals surface area contributed by atoms with Gasteiger partial charge in [-0.2, -0.15) is 0 Å². The Labute approximate surface area is 116 Å². The Morgan fingerprint density at radius 1 is 1.17 bits per heavy atom. The number of nitrogens with two attached hydrogens (primary N) is 1. The molecule has 0 aromatic heterocycles. The fourth-order valence-electron chi connectivity index (χ4n) is 1.42. The largest absolute Gasteiger partial charge is 0.397 e. The van der Waals surface area contributed by atoms with E-state index in [1.165, 1.54) is 24.3 Å². The molecule has 2 aromatic rings. The molecule has 0 aliphatic heterocycles. The lowest BCUT2D eigenvalue weighted by Crippen LogP contribution is -1.99. The van der Waals surface area contributed by atoms with Crippen molar-refractivity contribution >= 4 is 44.6 Å². The van der Waals surface area contributed by atoms with E-state index in [1.807, 2.05) is 0 Å². The van der Waals surface area contributed by atoms with Gasteiger partial charge in [0.15, 0.2) is 5.82 Å². The SMILES string of the molecule is Nc1cc(Br)c(F)cc1Nc1cccc(Cl)c1F. The second-order valence-electron chi connectivity index (χ2n) is 3.58. The van der Waals surface area contributed by atoms with Gasteiger partial charge in [-0.15, -0.1) is 0 Å². The van der Waals surface area contributed by atoms with E-state index in [0.717, 1.165) is 0 Å². The Morgan fingerprint density at radius 3 is 2.61 bits per heavy atom. The molecule has 0 bridgehead atoms. The predicted molar refractivity (Wildman–Crippen MR) is 73.2 cm³/mol. The Hall–Kier alpha value is -1.33. The maximum Gasteiger partial charge on any atom is 0.165 e. The third kappa shape index (κ3) is 2.57. The normalized spacial score (nSPS) is 10.4. The van der Waals surface area contributed by atoms with Gasteiger partial charge in [-0.05, 0) is 34.1 Å². The van der Waals surface area contributed by atoms with Gasteiger partial charge in [0.2, 0.25) is 0 Å². The van der Waals surface area contributed by atoms with Crippen LogP contribution in [0.1, 0.15) is 0 Å². The highest BCUT2D eigenvalue weighted by molar-refractivity contribution is 9.10. The molecule has 2 aromatic carbocycles. The Kier molecular flexibility index (Phi) is 3.73. The van der Waals surface area contributed by atoms with Crippen LogP contribution >= 0.6 is 27.5 Å². The summed E-state index contributed by atoms with van der Waals surface area (Å²) in [5.74, 6) is -1.10. The lowest BCUT2D eigenvalue weighted by Gasteiger charge is -2.11. The van der Waals surface area contributed by atoms with Crippen molar-refractivity contribution in [3.8, 4) is 0 Å². The summed E-state index contributed by atoms with van der Waals surface area (Å²) >= 11 is 8.66. The van der Waals surface area contributed by atoms with E-state index >= 15 is 0 Å². The first kappa shape index (κ1) is 13.1. The van der Waals surface area contributed by atoms with Gasteiger partial charge in [-0.25, -0.2) is 8.78 Å². The molecule has 6 heteroatoms. The van der Waals surface area contributed by atoms with Crippen molar-refractivity contribution in [1.29, 1.82) is 0 Å². The zero-order valence-corrected chi connectivity index (χ0v) is 11.3. The van der Waals surface area contributed by atoms with E-state index < -0.39 is 11.6 Å². The number of rotatable bonds is 2. The molecule has 0 atom stereocenters. The zero-order chi connectivity index (χ0) is 13.3. The number of nitrogen functional groups attached to an aromatic ring is 1. The molecule has 18 heavy (non-hydrogen) atoms. The minimum Gasteiger partial charge on any atom is -0.397 e. The molecule has 0 aliphatic carbocycles. The van der Waals surface area contributed by atoms with Crippen LogP contribution in [-0.2, 0) is 0 Å². The van der Waals surface area contributed by atoms with Crippen molar-refractivity contribution < 1.29 is 8.78 Å². The lowest BCUT2D eigenvalue weighted by atomic mass is 10.2. The van der Waals surface area contributed by atoms with Crippen LogP contribution in [0.15, 0.2) is 34.8 Å². The van der Waals surface area contributed by atoms with E-state index in [9.17, 15) is 8.78 Å². The molecule has 0 heterocycles. The molecular weight excluding hydrogens is 325 g/mol. The van der Waals surface area contributed by atoms with E-state index in [1.54, 1.807) is 6.07 Å². The molecular formula is C12H8BrClF2N2. The zero-order valence-electron chi connectivity index (χ0n) is 8.98. The van der Waals surface area contributed by atoms with Crippen LogP contribution < -0.4 is 11.1 Å². The van der Waals surface area contributed by atoms with Gasteiger partial charge >= 0.3 is 0 Å². The highest BCUT2D eigenvalue weighted by Gasteiger charge is 2.10. The summed E-state index contributed by atoms with van der Waals surface area (Å²) in [5.41, 5.74) is 6.42. The van der Waals surface area contributed by atoms with Gasteiger partial charge in [0.25, 0.3) is 0 Å². The standard InChI is InChI=1S/C12H8BrClF2N2/c13-6-4-9(17)11(5-8(6)15)18-10-3-1-2-7(14)12(10)16/h1-5,18H,17H2. The number of benzene rings is 2. The maximum absolute atomic E-state index is 13.7. The molecule has 0 unspecified atom stereocenters. The number of anilines is 3. The molecule has 94 valence electrons. The second-order valence-corrected chi connectivity index (χ2v) is 4.84. The maximum atomic E-state index is 13.7. The molecule has 0 saturated carbocycles. The first-order valence-electron chi connectivity index (χ1n) is 4.94. The summed E-state index contributed by atoms with van der Waals surface area (Å²) in [6.45, 7) is 0. The smallest absolute Gasteiger partial charge is 0.165 e. The summed E-state index contributed by atoms with van der Waals surface area (Å²) in [5, 5.41) is 2.69. The quantitative estimate of drug-likeness (QED) is 0.781. The fourth-order valence-corrected chi connectivity index (χ4v) is 1.95. The van der Waals surface area contributed by atoms with Crippen molar-refractivity contribution in [2.75, 3.05) is 11.1 Å². The summed E-state index contributed by atoms with van der Waals surface area (Å²) in [6, 6.07) is 7.08. The molecule has 0 spiro atoms. The topological polar surface area (TPSA) is 38.0 Å². The van der Waals surface area contributed by atoms with Crippen molar-refractivity contribution in [3.63, 3.8) is 0 Å². The molecule has 2 nitrogen and oxygen atoms in total. The molecule has 2 rings (SSSR count). The first-order valence-corrected chi connectivity index (χ1v) is 6.11. The monoisotopic (exact) mass is 332 g/mol. The predicted octanol–water partition coefficient (Wildman–Crippen LogP) is 4.71.